The molecule has 2 rings (SSSR count). The summed E-state index contributed by atoms with van der Waals surface area (Å²) in [5, 5.41) is 0. The van der Waals surface area contributed by atoms with Crippen LogP contribution in [0.15, 0.2) is 41.3 Å². The standard InChI is InChI=1S/C11H8N2O3S/c14-10(16-7-4-2-1-3-5-7)8-6-12-11(15)13-9(8)17/h1-6H,(H2,12,13,15,17). The Kier molecular flexibility index (Phi) is 3.15. The van der Waals surface area contributed by atoms with Gasteiger partial charge in [0, 0.05) is 6.20 Å². The lowest BCUT2D eigenvalue weighted by molar-refractivity contribution is 0.0733. The second-order valence-electron chi connectivity index (χ2n) is 3.19. The fraction of sp³-hybridized carbons (Fsp3) is 0. The molecule has 5 nitrogen and oxygen atoms in total. The minimum atomic E-state index is -0.617. The monoisotopic (exact) mass is 248 g/mol. The first-order valence-corrected chi connectivity index (χ1v) is 5.17. The highest BCUT2D eigenvalue weighted by atomic mass is 32.1. The van der Waals surface area contributed by atoms with Crippen molar-refractivity contribution >= 4 is 18.2 Å². The van der Waals surface area contributed by atoms with E-state index in [1.807, 2.05) is 6.07 Å². The van der Waals surface area contributed by atoms with Gasteiger partial charge in [0.05, 0.1) is 0 Å². The average molecular weight is 248 g/mol. The summed E-state index contributed by atoms with van der Waals surface area (Å²) < 4.78 is 5.12. The molecule has 1 aromatic carbocycles. The fourth-order valence-corrected chi connectivity index (χ4v) is 1.45. The van der Waals surface area contributed by atoms with Crippen molar-refractivity contribution < 1.29 is 9.53 Å². The number of benzene rings is 1. The molecule has 17 heavy (non-hydrogen) atoms. The van der Waals surface area contributed by atoms with E-state index in [1.54, 1.807) is 24.3 Å². The summed E-state index contributed by atoms with van der Waals surface area (Å²) >= 11 is 4.86. The van der Waals surface area contributed by atoms with Crippen LogP contribution in [0.25, 0.3) is 0 Å². The molecular weight excluding hydrogens is 240 g/mol. The molecule has 0 aliphatic rings. The van der Waals surface area contributed by atoms with Crippen LogP contribution in [-0.2, 0) is 0 Å². The number of para-hydroxylation sites is 1. The minimum absolute atomic E-state index is 0.0506. The van der Waals surface area contributed by atoms with Gasteiger partial charge in [0.25, 0.3) is 0 Å². The molecular formula is C11H8N2O3S. The van der Waals surface area contributed by atoms with Crippen LogP contribution < -0.4 is 10.4 Å². The Hall–Kier alpha value is -2.21. The van der Waals surface area contributed by atoms with Crippen molar-refractivity contribution in [1.82, 2.24) is 9.97 Å². The molecule has 0 spiro atoms. The van der Waals surface area contributed by atoms with Crippen molar-refractivity contribution in [3.63, 3.8) is 0 Å². The first-order valence-electron chi connectivity index (χ1n) is 4.76. The van der Waals surface area contributed by atoms with Gasteiger partial charge in [0.2, 0.25) is 0 Å². The summed E-state index contributed by atoms with van der Waals surface area (Å²) in [6.45, 7) is 0. The molecule has 86 valence electrons. The van der Waals surface area contributed by atoms with E-state index < -0.39 is 11.7 Å². The molecule has 0 saturated carbocycles. The number of hydrogen-bond donors (Lipinski definition) is 2. The highest BCUT2D eigenvalue weighted by Crippen LogP contribution is 2.11. The summed E-state index contributed by atoms with van der Waals surface area (Å²) in [5.74, 6) is -0.202. The number of aromatic amines is 2. The molecule has 0 aliphatic heterocycles. The summed E-state index contributed by atoms with van der Waals surface area (Å²) in [7, 11) is 0. The Balaban J connectivity index is 2.27. The summed E-state index contributed by atoms with van der Waals surface area (Å²) in [6, 6.07) is 8.60. The van der Waals surface area contributed by atoms with Crippen LogP contribution in [0, 0.1) is 4.64 Å². The van der Waals surface area contributed by atoms with E-state index in [9.17, 15) is 9.59 Å². The first kappa shape index (κ1) is 11.3. The first-order chi connectivity index (χ1) is 8.16. The molecule has 0 bridgehead atoms. The Morgan fingerprint density at radius 1 is 1.24 bits per heavy atom. The zero-order valence-corrected chi connectivity index (χ0v) is 9.41. The van der Waals surface area contributed by atoms with Crippen molar-refractivity contribution in [2.24, 2.45) is 0 Å². The van der Waals surface area contributed by atoms with Gasteiger partial charge < -0.3 is 9.72 Å². The van der Waals surface area contributed by atoms with E-state index in [2.05, 4.69) is 9.97 Å². The predicted octanol–water partition coefficient (Wildman–Crippen LogP) is 1.65. The number of H-pyrrole nitrogens is 2. The van der Waals surface area contributed by atoms with Gasteiger partial charge in [-0.05, 0) is 12.1 Å². The smallest absolute Gasteiger partial charge is 0.348 e. The van der Waals surface area contributed by atoms with Crippen LogP contribution >= 0.6 is 12.2 Å². The van der Waals surface area contributed by atoms with Crippen LogP contribution in [0.3, 0.4) is 0 Å². The van der Waals surface area contributed by atoms with Gasteiger partial charge in [0.15, 0.2) is 0 Å². The molecule has 0 atom stereocenters. The lowest BCUT2D eigenvalue weighted by Crippen LogP contribution is -2.16. The third-order valence-corrected chi connectivity index (χ3v) is 2.31. The van der Waals surface area contributed by atoms with Gasteiger partial charge in [-0.25, -0.2) is 9.59 Å². The molecule has 0 amide bonds. The molecule has 0 saturated heterocycles. The van der Waals surface area contributed by atoms with Gasteiger partial charge in [-0.1, -0.05) is 30.4 Å². The van der Waals surface area contributed by atoms with Gasteiger partial charge in [0.1, 0.15) is 16.0 Å². The van der Waals surface area contributed by atoms with Crippen molar-refractivity contribution in [3.05, 3.63) is 57.2 Å². The number of esters is 1. The lowest BCUT2D eigenvalue weighted by Gasteiger charge is -2.03. The third kappa shape index (κ3) is 2.67. The molecule has 2 N–H and O–H groups in total. The minimum Gasteiger partial charge on any atom is -0.423 e. The number of ether oxygens (including phenoxy) is 1. The van der Waals surface area contributed by atoms with Crippen LogP contribution in [0.2, 0.25) is 0 Å². The van der Waals surface area contributed by atoms with Crippen LogP contribution in [0.1, 0.15) is 10.4 Å². The van der Waals surface area contributed by atoms with Crippen LogP contribution in [-0.4, -0.2) is 15.9 Å². The maximum atomic E-state index is 11.7. The van der Waals surface area contributed by atoms with Gasteiger partial charge in [-0.2, -0.15) is 0 Å². The molecule has 0 fully saturated rings. The topological polar surface area (TPSA) is 75.0 Å². The van der Waals surface area contributed by atoms with Crippen molar-refractivity contribution in [2.75, 3.05) is 0 Å². The molecule has 1 aromatic heterocycles. The van der Waals surface area contributed by atoms with E-state index in [0.29, 0.717) is 5.75 Å². The van der Waals surface area contributed by atoms with Crippen molar-refractivity contribution in [1.29, 1.82) is 0 Å². The molecule has 0 unspecified atom stereocenters. The molecule has 2 aromatic rings. The molecule has 6 heteroatoms. The zero-order chi connectivity index (χ0) is 12.3. The maximum Gasteiger partial charge on any atom is 0.348 e. The Morgan fingerprint density at radius 2 is 1.94 bits per heavy atom. The molecule has 0 aliphatic carbocycles. The average Bonchev–Trinajstić information content (AvgIpc) is 2.30. The lowest BCUT2D eigenvalue weighted by atomic mass is 10.3. The zero-order valence-electron chi connectivity index (χ0n) is 8.60. The van der Waals surface area contributed by atoms with E-state index in [-0.39, 0.29) is 10.2 Å². The van der Waals surface area contributed by atoms with Gasteiger partial charge in [-0.3, -0.25) is 4.98 Å². The number of aromatic nitrogens is 2. The number of rotatable bonds is 2. The van der Waals surface area contributed by atoms with Crippen molar-refractivity contribution in [2.45, 2.75) is 0 Å². The van der Waals surface area contributed by atoms with E-state index in [4.69, 9.17) is 17.0 Å². The molecule has 1 heterocycles. The molecule has 0 radical (unpaired) electrons. The van der Waals surface area contributed by atoms with Crippen LogP contribution in [0.4, 0.5) is 0 Å². The third-order valence-electron chi connectivity index (χ3n) is 1.99. The largest absolute Gasteiger partial charge is 0.423 e. The number of nitrogens with one attached hydrogen (secondary N) is 2. The summed E-state index contributed by atoms with van der Waals surface area (Å²) in [4.78, 5) is 27.2. The number of hydrogen-bond acceptors (Lipinski definition) is 4. The summed E-state index contributed by atoms with van der Waals surface area (Å²) in [5.41, 5.74) is -0.352. The summed E-state index contributed by atoms with van der Waals surface area (Å²) in [6.07, 6.45) is 1.23. The highest BCUT2D eigenvalue weighted by Gasteiger charge is 2.10. The number of carbonyl (C=O) groups is 1. The Labute approximate surface area is 101 Å². The second-order valence-corrected chi connectivity index (χ2v) is 3.60. The van der Waals surface area contributed by atoms with Gasteiger partial charge in [-0.15, -0.1) is 0 Å². The van der Waals surface area contributed by atoms with Gasteiger partial charge >= 0.3 is 11.7 Å². The highest BCUT2D eigenvalue weighted by molar-refractivity contribution is 7.71. The fourth-order valence-electron chi connectivity index (χ4n) is 1.21. The SMILES string of the molecule is O=C(Oc1ccccc1)c1c[nH]c(=O)[nH]c1=S. The van der Waals surface area contributed by atoms with E-state index in [0.717, 1.165) is 0 Å². The van der Waals surface area contributed by atoms with Crippen molar-refractivity contribution in [3.8, 4) is 5.75 Å². The second kappa shape index (κ2) is 4.75. The maximum absolute atomic E-state index is 11.7. The quantitative estimate of drug-likeness (QED) is 0.481. The number of carbonyl (C=O) groups excluding carboxylic acids is 1. The normalized spacial score (nSPS) is 9.88. The Morgan fingerprint density at radius 3 is 2.59 bits per heavy atom. The van der Waals surface area contributed by atoms with E-state index in [1.165, 1.54) is 6.20 Å². The van der Waals surface area contributed by atoms with E-state index >= 15 is 0 Å². The Bertz CT molecular complexity index is 646. The van der Waals surface area contributed by atoms with Crippen LogP contribution in [0.5, 0.6) is 5.75 Å². The predicted molar refractivity (Wildman–Crippen MR) is 63.6 cm³/mol.